The summed E-state index contributed by atoms with van der Waals surface area (Å²) in [6.45, 7) is 1.59. The van der Waals surface area contributed by atoms with Crippen molar-refractivity contribution in [3.05, 3.63) is 0 Å². The van der Waals surface area contributed by atoms with Gasteiger partial charge in [0.15, 0.2) is 9.84 Å². The van der Waals surface area contributed by atoms with E-state index in [0.717, 1.165) is 31.7 Å². The molecule has 1 saturated carbocycles. The summed E-state index contributed by atoms with van der Waals surface area (Å²) in [6.07, 6.45) is 7.05. The number of hydrogen-bond acceptors (Lipinski definition) is 5. The Hall–Kier alpha value is 0.220. The monoisotopic (exact) mass is 292 g/mol. The van der Waals surface area contributed by atoms with E-state index in [0.29, 0.717) is 5.75 Å². The molecule has 0 aromatic carbocycles. The van der Waals surface area contributed by atoms with Gasteiger partial charge in [-0.2, -0.15) is 11.8 Å². The van der Waals surface area contributed by atoms with Crippen molar-refractivity contribution in [2.24, 2.45) is 5.73 Å². The zero-order valence-corrected chi connectivity index (χ0v) is 12.7. The van der Waals surface area contributed by atoms with Crippen LogP contribution in [0.2, 0.25) is 0 Å². The van der Waals surface area contributed by atoms with Crippen LogP contribution < -0.4 is 5.73 Å². The Kier molecular flexibility index (Phi) is 4.62. The number of thioether (sulfide) groups is 1. The van der Waals surface area contributed by atoms with Crippen LogP contribution in [0.1, 0.15) is 32.1 Å². The van der Waals surface area contributed by atoms with E-state index in [9.17, 15) is 8.42 Å². The minimum atomic E-state index is -3.00. The first kappa shape index (κ1) is 14.6. The quantitative estimate of drug-likeness (QED) is 0.843. The van der Waals surface area contributed by atoms with Crippen molar-refractivity contribution in [3.8, 4) is 0 Å². The van der Waals surface area contributed by atoms with Crippen molar-refractivity contribution in [1.82, 2.24) is 4.90 Å². The van der Waals surface area contributed by atoms with Crippen molar-refractivity contribution >= 4 is 21.6 Å². The first-order chi connectivity index (χ1) is 8.41. The van der Waals surface area contributed by atoms with Crippen LogP contribution in [-0.2, 0) is 9.84 Å². The predicted molar refractivity (Wildman–Crippen MR) is 77.5 cm³/mol. The molecule has 2 rings (SSSR count). The fourth-order valence-electron chi connectivity index (χ4n) is 3.01. The van der Waals surface area contributed by atoms with Crippen LogP contribution in [0.3, 0.4) is 0 Å². The van der Waals surface area contributed by atoms with Gasteiger partial charge in [0.1, 0.15) is 5.37 Å². The fourth-order valence-corrected chi connectivity index (χ4v) is 5.95. The van der Waals surface area contributed by atoms with Crippen molar-refractivity contribution in [2.75, 3.05) is 30.9 Å². The van der Waals surface area contributed by atoms with Gasteiger partial charge < -0.3 is 5.73 Å². The van der Waals surface area contributed by atoms with Gasteiger partial charge in [-0.05, 0) is 12.8 Å². The van der Waals surface area contributed by atoms with Crippen LogP contribution >= 0.6 is 11.8 Å². The minimum Gasteiger partial charge on any atom is -0.324 e. The van der Waals surface area contributed by atoms with E-state index in [1.165, 1.54) is 25.5 Å². The van der Waals surface area contributed by atoms with Crippen LogP contribution in [0.4, 0.5) is 0 Å². The van der Waals surface area contributed by atoms with E-state index in [4.69, 9.17) is 5.73 Å². The summed E-state index contributed by atoms with van der Waals surface area (Å²) >= 11 is 1.73. The lowest BCUT2D eigenvalue weighted by atomic mass is 9.82. The van der Waals surface area contributed by atoms with E-state index in [2.05, 4.69) is 4.90 Å². The smallest absolute Gasteiger partial charge is 0.164 e. The van der Waals surface area contributed by atoms with Gasteiger partial charge in [-0.25, -0.2) is 8.42 Å². The maximum atomic E-state index is 11.8. The highest BCUT2D eigenvalue weighted by molar-refractivity contribution is 8.00. The number of sulfone groups is 1. The zero-order chi connectivity index (χ0) is 13.2. The van der Waals surface area contributed by atoms with E-state index in [-0.39, 0.29) is 10.9 Å². The molecule has 0 aromatic rings. The Bertz CT molecular complexity index is 378. The SMILES string of the molecule is CS(=O)(=O)C1CSCCN1CC1(N)CCCCC1. The van der Waals surface area contributed by atoms with E-state index in [1.54, 1.807) is 11.8 Å². The molecule has 6 heteroatoms. The highest BCUT2D eigenvalue weighted by atomic mass is 32.2. The third-order valence-corrected chi connectivity index (χ3v) is 6.74. The molecule has 0 bridgehead atoms. The van der Waals surface area contributed by atoms with Gasteiger partial charge in [0.2, 0.25) is 0 Å². The molecule has 4 nitrogen and oxygen atoms in total. The zero-order valence-electron chi connectivity index (χ0n) is 11.1. The summed E-state index contributed by atoms with van der Waals surface area (Å²) in [4.78, 5) is 2.11. The molecule has 1 aliphatic carbocycles. The van der Waals surface area contributed by atoms with Crippen LogP contribution in [-0.4, -0.2) is 55.1 Å². The molecule has 2 N–H and O–H groups in total. The van der Waals surface area contributed by atoms with Gasteiger partial charge in [-0.15, -0.1) is 0 Å². The second-order valence-electron chi connectivity index (χ2n) is 5.75. The third-order valence-electron chi connectivity index (χ3n) is 4.05. The maximum absolute atomic E-state index is 11.8. The summed E-state index contributed by atoms with van der Waals surface area (Å²) in [5.74, 6) is 1.71. The van der Waals surface area contributed by atoms with Crippen molar-refractivity contribution in [1.29, 1.82) is 0 Å². The number of nitrogens with zero attached hydrogens (tertiary/aromatic N) is 1. The number of nitrogens with two attached hydrogens (primary N) is 1. The normalized spacial score (nSPS) is 30.2. The topological polar surface area (TPSA) is 63.4 Å². The van der Waals surface area contributed by atoms with Crippen molar-refractivity contribution in [3.63, 3.8) is 0 Å². The highest BCUT2D eigenvalue weighted by Crippen LogP contribution is 2.29. The first-order valence-corrected chi connectivity index (χ1v) is 9.81. The molecule has 1 aliphatic heterocycles. The van der Waals surface area contributed by atoms with Crippen LogP contribution in [0.5, 0.6) is 0 Å². The van der Waals surface area contributed by atoms with Crippen molar-refractivity contribution in [2.45, 2.75) is 43.0 Å². The maximum Gasteiger partial charge on any atom is 0.164 e. The Morgan fingerprint density at radius 2 is 2.00 bits per heavy atom. The van der Waals surface area contributed by atoms with Crippen molar-refractivity contribution < 1.29 is 8.42 Å². The lowest BCUT2D eigenvalue weighted by molar-refractivity contribution is 0.169. The average molecular weight is 292 g/mol. The van der Waals surface area contributed by atoms with E-state index >= 15 is 0 Å². The van der Waals surface area contributed by atoms with Crippen LogP contribution in [0.15, 0.2) is 0 Å². The molecule has 0 spiro atoms. The van der Waals surface area contributed by atoms with Gasteiger partial charge in [-0.1, -0.05) is 19.3 Å². The molecule has 2 aliphatic rings. The molecule has 0 radical (unpaired) electrons. The molecular weight excluding hydrogens is 268 g/mol. The Morgan fingerprint density at radius 1 is 1.33 bits per heavy atom. The largest absolute Gasteiger partial charge is 0.324 e. The summed E-state index contributed by atoms with van der Waals surface area (Å²) in [7, 11) is -3.00. The minimum absolute atomic E-state index is 0.163. The van der Waals surface area contributed by atoms with E-state index < -0.39 is 9.84 Å². The second kappa shape index (κ2) is 5.69. The Labute approximate surface area is 115 Å². The molecule has 1 atom stereocenters. The predicted octanol–water partition coefficient (Wildman–Crippen LogP) is 1.07. The summed E-state index contributed by atoms with van der Waals surface area (Å²) < 4.78 is 23.7. The molecule has 0 aromatic heterocycles. The Balaban J connectivity index is 2.05. The van der Waals surface area contributed by atoms with Gasteiger partial charge in [0.25, 0.3) is 0 Å². The first-order valence-electron chi connectivity index (χ1n) is 6.70. The number of rotatable bonds is 3. The van der Waals surface area contributed by atoms with Gasteiger partial charge >= 0.3 is 0 Å². The standard InChI is InChI=1S/C12H24N2O2S2/c1-18(15,16)11-9-17-8-7-14(11)10-12(13)5-3-2-4-6-12/h11H,2-10,13H2,1H3. The molecular formula is C12H24N2O2S2. The average Bonchev–Trinajstić information content (AvgIpc) is 2.28. The summed E-state index contributed by atoms with van der Waals surface area (Å²) in [5.41, 5.74) is 6.29. The molecule has 1 heterocycles. The lowest BCUT2D eigenvalue weighted by Crippen LogP contribution is -2.57. The van der Waals surface area contributed by atoms with E-state index in [1.807, 2.05) is 0 Å². The molecule has 1 unspecified atom stereocenters. The van der Waals surface area contributed by atoms with Crippen LogP contribution in [0, 0.1) is 0 Å². The van der Waals surface area contributed by atoms with Gasteiger partial charge in [-0.3, -0.25) is 4.90 Å². The molecule has 2 fully saturated rings. The molecule has 106 valence electrons. The lowest BCUT2D eigenvalue weighted by Gasteiger charge is -2.42. The van der Waals surface area contributed by atoms with Gasteiger partial charge in [0.05, 0.1) is 0 Å². The summed E-state index contributed by atoms with van der Waals surface area (Å²) in [6, 6.07) is 0. The van der Waals surface area contributed by atoms with Crippen LogP contribution in [0.25, 0.3) is 0 Å². The Morgan fingerprint density at radius 3 is 2.61 bits per heavy atom. The number of hydrogen-bond donors (Lipinski definition) is 1. The second-order valence-corrected chi connectivity index (χ2v) is 9.11. The summed E-state index contributed by atoms with van der Waals surface area (Å²) in [5, 5.41) is -0.335. The third kappa shape index (κ3) is 3.62. The molecule has 1 saturated heterocycles. The fraction of sp³-hybridized carbons (Fsp3) is 1.00. The molecule has 0 amide bonds. The molecule has 18 heavy (non-hydrogen) atoms. The highest BCUT2D eigenvalue weighted by Gasteiger charge is 2.37. The van der Waals surface area contributed by atoms with Gasteiger partial charge in [0, 0.05) is 36.4 Å².